The van der Waals surface area contributed by atoms with Crippen LogP contribution < -0.4 is 0 Å². The van der Waals surface area contributed by atoms with E-state index in [1.165, 1.54) is 11.8 Å². The topological polar surface area (TPSA) is 74.7 Å². The van der Waals surface area contributed by atoms with Crippen LogP contribution in [0.1, 0.15) is 12.5 Å². The number of thioether (sulfide) groups is 1. The quantitative estimate of drug-likeness (QED) is 0.889. The van der Waals surface area contributed by atoms with Crippen molar-refractivity contribution in [2.45, 2.75) is 24.8 Å². The van der Waals surface area contributed by atoms with E-state index in [0.29, 0.717) is 12.2 Å². The predicted octanol–water partition coefficient (Wildman–Crippen LogP) is 1.41. The van der Waals surface area contributed by atoms with Gasteiger partial charge in [0.05, 0.1) is 11.1 Å². The van der Waals surface area contributed by atoms with Crippen LogP contribution in [0.5, 0.6) is 0 Å². The Bertz CT molecular complexity index is 573. The number of sulfonamides is 1. The Morgan fingerprint density at radius 3 is 2.65 bits per heavy atom. The number of carbonyl (C=O) groups is 1. The standard InChI is InChI=1S/C13H17NO4S2/c1-10-14(12(9-19-10)13(15)16)20(17,18)8-7-11-5-3-2-4-6-11/h2-6,10,12H,7-9H2,1H3,(H,15,16). The zero-order chi connectivity index (χ0) is 14.8. The second-order valence-electron chi connectivity index (χ2n) is 4.67. The minimum absolute atomic E-state index is 0.0638. The number of rotatable bonds is 5. The second kappa shape index (κ2) is 6.15. The van der Waals surface area contributed by atoms with Crippen LogP contribution in [-0.4, -0.2) is 46.7 Å². The highest BCUT2D eigenvalue weighted by Gasteiger charge is 2.43. The van der Waals surface area contributed by atoms with Gasteiger partial charge in [0.25, 0.3) is 0 Å². The van der Waals surface area contributed by atoms with Gasteiger partial charge in [-0.05, 0) is 18.9 Å². The van der Waals surface area contributed by atoms with Crippen LogP contribution in [0.15, 0.2) is 30.3 Å². The first kappa shape index (κ1) is 15.3. The summed E-state index contributed by atoms with van der Waals surface area (Å²) in [4.78, 5) is 11.2. The molecular formula is C13H17NO4S2. The summed E-state index contributed by atoms with van der Waals surface area (Å²) < 4.78 is 25.9. The molecular weight excluding hydrogens is 298 g/mol. The van der Waals surface area contributed by atoms with E-state index in [9.17, 15) is 13.2 Å². The van der Waals surface area contributed by atoms with Crippen molar-refractivity contribution in [3.8, 4) is 0 Å². The highest BCUT2D eigenvalue weighted by Crippen LogP contribution is 2.31. The maximum Gasteiger partial charge on any atom is 0.322 e. The maximum absolute atomic E-state index is 12.4. The molecule has 0 aromatic heterocycles. The third-order valence-electron chi connectivity index (χ3n) is 3.26. The lowest BCUT2D eigenvalue weighted by atomic mass is 10.2. The molecule has 2 rings (SSSR count). The predicted molar refractivity (Wildman–Crippen MR) is 79.1 cm³/mol. The van der Waals surface area contributed by atoms with Crippen molar-refractivity contribution in [3.05, 3.63) is 35.9 Å². The number of nitrogens with zero attached hydrogens (tertiary/aromatic N) is 1. The monoisotopic (exact) mass is 315 g/mol. The molecule has 1 aliphatic heterocycles. The van der Waals surface area contributed by atoms with Gasteiger partial charge in [-0.3, -0.25) is 4.79 Å². The Morgan fingerprint density at radius 1 is 1.40 bits per heavy atom. The summed E-state index contributed by atoms with van der Waals surface area (Å²) in [7, 11) is -3.57. The molecule has 1 saturated heterocycles. The molecule has 110 valence electrons. The molecule has 1 heterocycles. The van der Waals surface area contributed by atoms with Crippen LogP contribution in [0.3, 0.4) is 0 Å². The Hall–Kier alpha value is -1.05. The molecule has 0 aliphatic carbocycles. The third-order valence-corrected chi connectivity index (χ3v) is 6.54. The maximum atomic E-state index is 12.4. The van der Waals surface area contributed by atoms with Gasteiger partial charge in [0, 0.05) is 5.75 Å². The molecule has 0 radical (unpaired) electrons. The van der Waals surface area contributed by atoms with Crippen molar-refractivity contribution in [2.24, 2.45) is 0 Å². The van der Waals surface area contributed by atoms with Crippen LogP contribution in [0.2, 0.25) is 0 Å². The fourth-order valence-corrected chi connectivity index (χ4v) is 5.67. The number of carboxylic acids is 1. The van der Waals surface area contributed by atoms with Crippen LogP contribution >= 0.6 is 11.8 Å². The van der Waals surface area contributed by atoms with Gasteiger partial charge >= 0.3 is 5.97 Å². The van der Waals surface area contributed by atoms with Crippen LogP contribution in [-0.2, 0) is 21.2 Å². The normalized spacial score (nSPS) is 23.9. The molecule has 1 N–H and O–H groups in total. The van der Waals surface area contributed by atoms with Gasteiger partial charge in [0.2, 0.25) is 10.0 Å². The highest BCUT2D eigenvalue weighted by atomic mass is 32.2. The summed E-state index contributed by atoms with van der Waals surface area (Å²) in [5.41, 5.74) is 0.933. The number of benzene rings is 1. The van der Waals surface area contributed by atoms with Crippen LogP contribution in [0.25, 0.3) is 0 Å². The number of aliphatic carboxylic acids is 1. The van der Waals surface area contributed by atoms with Gasteiger partial charge < -0.3 is 5.11 Å². The van der Waals surface area contributed by atoms with Crippen molar-refractivity contribution < 1.29 is 18.3 Å². The number of hydrogen-bond donors (Lipinski definition) is 1. The summed E-state index contributed by atoms with van der Waals surface area (Å²) in [6.07, 6.45) is 0.392. The average Bonchev–Trinajstić information content (AvgIpc) is 2.81. The summed E-state index contributed by atoms with van der Waals surface area (Å²) in [6.45, 7) is 1.73. The molecule has 2 atom stereocenters. The van der Waals surface area contributed by atoms with Gasteiger partial charge in [0.15, 0.2) is 0 Å². The minimum Gasteiger partial charge on any atom is -0.480 e. The molecule has 20 heavy (non-hydrogen) atoms. The van der Waals surface area contributed by atoms with Crippen molar-refractivity contribution >= 4 is 27.8 Å². The van der Waals surface area contributed by atoms with Gasteiger partial charge in [-0.2, -0.15) is 4.31 Å². The van der Waals surface area contributed by atoms with Crippen molar-refractivity contribution in [3.63, 3.8) is 0 Å². The highest BCUT2D eigenvalue weighted by molar-refractivity contribution is 8.01. The second-order valence-corrected chi connectivity index (χ2v) is 8.01. The number of aryl methyl sites for hydroxylation is 1. The van der Waals surface area contributed by atoms with E-state index in [4.69, 9.17) is 5.11 Å². The van der Waals surface area contributed by atoms with E-state index in [2.05, 4.69) is 0 Å². The van der Waals surface area contributed by atoms with Gasteiger partial charge in [0.1, 0.15) is 6.04 Å². The lowest BCUT2D eigenvalue weighted by Gasteiger charge is -2.24. The Morgan fingerprint density at radius 2 is 2.05 bits per heavy atom. The number of hydrogen-bond acceptors (Lipinski definition) is 4. The Kier molecular flexibility index (Phi) is 4.72. The summed E-state index contributed by atoms with van der Waals surface area (Å²) >= 11 is 1.36. The lowest BCUT2D eigenvalue weighted by Crippen LogP contribution is -2.45. The van der Waals surface area contributed by atoms with E-state index >= 15 is 0 Å². The summed E-state index contributed by atoms with van der Waals surface area (Å²) in [5.74, 6) is -0.836. The first-order chi connectivity index (χ1) is 9.42. The molecule has 1 aromatic rings. The summed E-state index contributed by atoms with van der Waals surface area (Å²) in [6, 6.07) is 8.37. The van der Waals surface area contributed by atoms with E-state index in [-0.39, 0.29) is 11.1 Å². The molecule has 1 aliphatic rings. The SMILES string of the molecule is CC1SCC(C(=O)O)N1S(=O)(=O)CCc1ccccc1. The van der Waals surface area contributed by atoms with E-state index in [0.717, 1.165) is 9.87 Å². The first-order valence-electron chi connectivity index (χ1n) is 6.31. The molecule has 2 unspecified atom stereocenters. The van der Waals surface area contributed by atoms with Crippen LogP contribution in [0.4, 0.5) is 0 Å². The fourth-order valence-electron chi connectivity index (χ4n) is 2.23. The van der Waals surface area contributed by atoms with E-state index in [1.807, 2.05) is 30.3 Å². The zero-order valence-electron chi connectivity index (χ0n) is 11.1. The first-order valence-corrected chi connectivity index (χ1v) is 8.97. The van der Waals surface area contributed by atoms with Gasteiger partial charge in [-0.1, -0.05) is 30.3 Å². The van der Waals surface area contributed by atoms with Crippen LogP contribution in [0, 0.1) is 0 Å². The van der Waals surface area contributed by atoms with Gasteiger partial charge in [-0.15, -0.1) is 11.8 Å². The molecule has 0 saturated carbocycles. The average molecular weight is 315 g/mol. The van der Waals surface area contributed by atoms with E-state index < -0.39 is 22.0 Å². The Balaban J connectivity index is 2.11. The van der Waals surface area contributed by atoms with E-state index in [1.54, 1.807) is 6.92 Å². The molecule has 1 aromatic carbocycles. The molecule has 0 amide bonds. The van der Waals surface area contributed by atoms with Gasteiger partial charge in [-0.25, -0.2) is 8.42 Å². The van der Waals surface area contributed by atoms with Crippen molar-refractivity contribution in [1.29, 1.82) is 0 Å². The molecule has 5 nitrogen and oxygen atoms in total. The summed E-state index contributed by atoms with van der Waals surface area (Å²) in [5, 5.41) is 8.81. The molecule has 7 heteroatoms. The lowest BCUT2D eigenvalue weighted by molar-refractivity contribution is -0.140. The molecule has 1 fully saturated rings. The fraction of sp³-hybridized carbons (Fsp3) is 0.462. The third kappa shape index (κ3) is 3.34. The molecule has 0 bridgehead atoms. The molecule has 0 spiro atoms. The number of carboxylic acid groups (broad SMARTS) is 1. The van der Waals surface area contributed by atoms with Crippen molar-refractivity contribution in [1.82, 2.24) is 4.31 Å². The minimum atomic E-state index is -3.57. The zero-order valence-corrected chi connectivity index (χ0v) is 12.7. The largest absolute Gasteiger partial charge is 0.480 e. The van der Waals surface area contributed by atoms with Crippen molar-refractivity contribution in [2.75, 3.05) is 11.5 Å². The Labute approximate surface area is 123 Å². The smallest absolute Gasteiger partial charge is 0.322 e.